The molecule has 1 N–H and O–H groups in total. The minimum Gasteiger partial charge on any atom is -0.375 e. The Bertz CT molecular complexity index is 520. The molecular formula is C17H23FN2O. The van der Waals surface area contributed by atoms with Gasteiger partial charge < -0.3 is 10.1 Å². The number of nitriles is 1. The predicted octanol–water partition coefficient (Wildman–Crippen LogP) is 3.52. The first-order valence-electron chi connectivity index (χ1n) is 7.69. The molecule has 0 saturated carbocycles. The first-order valence-corrected chi connectivity index (χ1v) is 7.69. The Labute approximate surface area is 126 Å². The van der Waals surface area contributed by atoms with Crippen LogP contribution in [0.2, 0.25) is 0 Å². The molecule has 1 saturated heterocycles. The van der Waals surface area contributed by atoms with Gasteiger partial charge in [-0.3, -0.25) is 0 Å². The number of ether oxygens (including phenoxy) is 1. The molecule has 0 bridgehead atoms. The number of hydrogen-bond acceptors (Lipinski definition) is 3. The van der Waals surface area contributed by atoms with Crippen molar-refractivity contribution in [1.82, 2.24) is 5.32 Å². The molecule has 114 valence electrons. The van der Waals surface area contributed by atoms with Gasteiger partial charge in [0, 0.05) is 24.8 Å². The summed E-state index contributed by atoms with van der Waals surface area (Å²) < 4.78 is 20.0. The molecule has 0 amide bonds. The quantitative estimate of drug-likeness (QED) is 0.902. The summed E-state index contributed by atoms with van der Waals surface area (Å²) in [5, 5.41) is 12.3. The Morgan fingerprint density at radius 3 is 2.86 bits per heavy atom. The third-order valence-corrected chi connectivity index (χ3v) is 4.56. The summed E-state index contributed by atoms with van der Waals surface area (Å²) in [6.07, 6.45) is 3.90. The molecule has 1 unspecified atom stereocenters. The van der Waals surface area contributed by atoms with Crippen molar-refractivity contribution in [1.29, 1.82) is 5.26 Å². The van der Waals surface area contributed by atoms with E-state index in [0.29, 0.717) is 18.2 Å². The van der Waals surface area contributed by atoms with Gasteiger partial charge in [-0.25, -0.2) is 4.39 Å². The van der Waals surface area contributed by atoms with E-state index in [4.69, 9.17) is 10.00 Å². The number of benzene rings is 1. The number of halogens is 1. The topological polar surface area (TPSA) is 45.0 Å². The maximum atomic E-state index is 14.0. The second-order valence-corrected chi connectivity index (χ2v) is 5.70. The number of rotatable bonds is 5. The molecule has 0 spiro atoms. The number of nitrogens with one attached hydrogen (secondary N) is 1. The summed E-state index contributed by atoms with van der Waals surface area (Å²) in [4.78, 5) is 0. The van der Waals surface area contributed by atoms with E-state index in [1.54, 1.807) is 12.1 Å². The molecule has 2 rings (SSSR count). The van der Waals surface area contributed by atoms with Gasteiger partial charge in [-0.15, -0.1) is 0 Å². The van der Waals surface area contributed by atoms with Gasteiger partial charge in [-0.2, -0.15) is 5.26 Å². The smallest absolute Gasteiger partial charge is 0.145 e. The van der Waals surface area contributed by atoms with Gasteiger partial charge in [0.1, 0.15) is 11.9 Å². The van der Waals surface area contributed by atoms with E-state index in [-0.39, 0.29) is 11.2 Å². The van der Waals surface area contributed by atoms with Crippen LogP contribution in [0, 0.1) is 17.1 Å². The minimum absolute atomic E-state index is 0.0387. The summed E-state index contributed by atoms with van der Waals surface area (Å²) in [6, 6.07) is 7.18. The Morgan fingerprint density at radius 1 is 1.43 bits per heavy atom. The molecule has 0 aromatic heterocycles. The van der Waals surface area contributed by atoms with Gasteiger partial charge in [0.2, 0.25) is 0 Å². The van der Waals surface area contributed by atoms with Crippen molar-refractivity contribution in [2.75, 3.05) is 6.61 Å². The molecule has 3 nitrogen and oxygen atoms in total. The number of hydrogen-bond donors (Lipinski definition) is 1. The van der Waals surface area contributed by atoms with E-state index in [9.17, 15) is 4.39 Å². The monoisotopic (exact) mass is 290 g/mol. The molecule has 1 heterocycles. The summed E-state index contributed by atoms with van der Waals surface area (Å²) >= 11 is 0. The zero-order valence-electron chi connectivity index (χ0n) is 12.8. The maximum Gasteiger partial charge on any atom is 0.145 e. The Kier molecular flexibility index (Phi) is 5.33. The Hall–Kier alpha value is -1.44. The molecule has 1 aliphatic heterocycles. The normalized spacial score (nSPS) is 21.0. The summed E-state index contributed by atoms with van der Waals surface area (Å²) in [5.41, 5.74) is 0.625. The average molecular weight is 290 g/mol. The van der Waals surface area contributed by atoms with Crippen molar-refractivity contribution in [3.05, 3.63) is 35.1 Å². The molecule has 0 aliphatic carbocycles. The summed E-state index contributed by atoms with van der Waals surface area (Å²) in [6.45, 7) is 5.51. The fourth-order valence-electron chi connectivity index (χ4n) is 3.00. The van der Waals surface area contributed by atoms with Crippen LogP contribution in [0.5, 0.6) is 0 Å². The predicted molar refractivity (Wildman–Crippen MR) is 80.2 cm³/mol. The zero-order valence-corrected chi connectivity index (χ0v) is 12.8. The van der Waals surface area contributed by atoms with Crippen molar-refractivity contribution in [2.45, 2.75) is 57.7 Å². The van der Waals surface area contributed by atoms with Crippen LogP contribution in [-0.2, 0) is 11.3 Å². The van der Waals surface area contributed by atoms with Crippen LogP contribution in [0.4, 0.5) is 4.39 Å². The lowest BCUT2D eigenvalue weighted by Crippen LogP contribution is -2.46. The lowest BCUT2D eigenvalue weighted by Gasteiger charge is -2.40. The van der Waals surface area contributed by atoms with Gasteiger partial charge in [-0.1, -0.05) is 26.0 Å². The highest BCUT2D eigenvalue weighted by atomic mass is 19.1. The summed E-state index contributed by atoms with van der Waals surface area (Å²) in [5.74, 6) is -0.406. The van der Waals surface area contributed by atoms with Crippen LogP contribution in [0.25, 0.3) is 0 Å². The largest absolute Gasteiger partial charge is 0.375 e. The fraction of sp³-hybridized carbons (Fsp3) is 0.588. The second-order valence-electron chi connectivity index (χ2n) is 5.70. The van der Waals surface area contributed by atoms with Crippen LogP contribution < -0.4 is 5.32 Å². The van der Waals surface area contributed by atoms with E-state index in [1.165, 1.54) is 6.07 Å². The highest BCUT2D eigenvalue weighted by Gasteiger charge is 2.34. The van der Waals surface area contributed by atoms with E-state index < -0.39 is 5.82 Å². The molecule has 1 aromatic carbocycles. The van der Waals surface area contributed by atoms with Gasteiger partial charge in [0.15, 0.2) is 0 Å². The maximum absolute atomic E-state index is 14.0. The van der Waals surface area contributed by atoms with Crippen molar-refractivity contribution in [3.63, 3.8) is 0 Å². The minimum atomic E-state index is -0.406. The average Bonchev–Trinajstić information content (AvgIpc) is 2.54. The molecule has 1 fully saturated rings. The van der Waals surface area contributed by atoms with Crippen molar-refractivity contribution >= 4 is 0 Å². The van der Waals surface area contributed by atoms with E-state index in [2.05, 4.69) is 19.2 Å². The van der Waals surface area contributed by atoms with Crippen LogP contribution >= 0.6 is 0 Å². The van der Waals surface area contributed by atoms with Gasteiger partial charge in [-0.05, 0) is 31.7 Å². The summed E-state index contributed by atoms with van der Waals surface area (Å²) in [7, 11) is 0. The fourth-order valence-corrected chi connectivity index (χ4v) is 3.00. The molecule has 4 heteroatoms. The van der Waals surface area contributed by atoms with Crippen molar-refractivity contribution < 1.29 is 9.13 Å². The SMILES string of the molecule is CCC1(CC)CC(NCc2cccc(C#N)c2F)CCO1. The second kappa shape index (κ2) is 7.02. The molecular weight excluding hydrogens is 267 g/mol. The lowest BCUT2D eigenvalue weighted by atomic mass is 9.86. The standard InChI is InChI=1S/C17H23FN2O/c1-3-17(4-2)10-15(8-9-21-17)20-12-14-7-5-6-13(11-19)16(14)18/h5-7,15,20H,3-4,8-10,12H2,1-2H3. The molecule has 0 radical (unpaired) electrons. The van der Waals surface area contributed by atoms with Gasteiger partial charge >= 0.3 is 0 Å². The van der Waals surface area contributed by atoms with Crippen molar-refractivity contribution in [3.8, 4) is 6.07 Å². The van der Waals surface area contributed by atoms with Gasteiger partial charge in [0.05, 0.1) is 11.2 Å². The Balaban J connectivity index is 1.99. The Morgan fingerprint density at radius 2 is 2.19 bits per heavy atom. The third kappa shape index (κ3) is 3.61. The molecule has 21 heavy (non-hydrogen) atoms. The highest BCUT2D eigenvalue weighted by Crippen LogP contribution is 2.31. The first-order chi connectivity index (χ1) is 10.1. The van der Waals surface area contributed by atoms with Crippen LogP contribution in [0.3, 0.4) is 0 Å². The third-order valence-electron chi connectivity index (χ3n) is 4.56. The van der Waals surface area contributed by atoms with E-state index in [0.717, 1.165) is 32.3 Å². The van der Waals surface area contributed by atoms with Crippen LogP contribution in [-0.4, -0.2) is 18.2 Å². The molecule has 1 aromatic rings. The molecule has 1 atom stereocenters. The van der Waals surface area contributed by atoms with Crippen LogP contribution in [0.1, 0.15) is 50.7 Å². The van der Waals surface area contributed by atoms with Crippen LogP contribution in [0.15, 0.2) is 18.2 Å². The van der Waals surface area contributed by atoms with E-state index in [1.807, 2.05) is 6.07 Å². The first kappa shape index (κ1) is 15.9. The van der Waals surface area contributed by atoms with E-state index >= 15 is 0 Å². The zero-order chi connectivity index (χ0) is 15.3. The number of nitrogens with zero attached hydrogens (tertiary/aromatic N) is 1. The molecule has 1 aliphatic rings. The lowest BCUT2D eigenvalue weighted by molar-refractivity contribution is -0.0932. The van der Waals surface area contributed by atoms with Gasteiger partial charge in [0.25, 0.3) is 0 Å². The van der Waals surface area contributed by atoms with Crippen molar-refractivity contribution in [2.24, 2.45) is 0 Å². The highest BCUT2D eigenvalue weighted by molar-refractivity contribution is 5.34.